The van der Waals surface area contributed by atoms with E-state index in [2.05, 4.69) is 32.4 Å². The van der Waals surface area contributed by atoms with Crippen molar-refractivity contribution in [1.29, 1.82) is 0 Å². The quantitative estimate of drug-likeness (QED) is 0.541. The summed E-state index contributed by atoms with van der Waals surface area (Å²) >= 11 is 1.75. The Morgan fingerprint density at radius 2 is 2.06 bits per heavy atom. The van der Waals surface area contributed by atoms with Gasteiger partial charge in [-0.1, -0.05) is 26.3 Å². The third kappa shape index (κ3) is 5.44. The Morgan fingerprint density at radius 1 is 1.50 bits per heavy atom. The predicted octanol–water partition coefficient (Wildman–Crippen LogP) is 3.58. The van der Waals surface area contributed by atoms with Crippen LogP contribution >= 0.6 is 11.8 Å². The molecule has 1 atom stereocenters. The highest BCUT2D eigenvalue weighted by Gasteiger charge is 2.13. The van der Waals surface area contributed by atoms with Gasteiger partial charge in [-0.25, -0.2) is 0 Å². The molecule has 0 saturated carbocycles. The molecule has 0 fully saturated rings. The van der Waals surface area contributed by atoms with E-state index in [0.29, 0.717) is 12.5 Å². The fourth-order valence-electron chi connectivity index (χ4n) is 1.44. The molecule has 0 heterocycles. The summed E-state index contributed by atoms with van der Waals surface area (Å²) in [6.07, 6.45) is 9.79. The van der Waals surface area contributed by atoms with Crippen LogP contribution < -0.4 is 5.73 Å². The number of hydrogen-bond donors (Lipinski definition) is 1. The van der Waals surface area contributed by atoms with Crippen molar-refractivity contribution in [2.75, 3.05) is 6.54 Å². The number of terminal acetylenes is 1. The lowest BCUT2D eigenvalue weighted by Gasteiger charge is -2.18. The fraction of sp³-hybridized carbons (Fsp3) is 0.571. The van der Waals surface area contributed by atoms with Crippen molar-refractivity contribution in [3.05, 3.63) is 23.1 Å². The maximum absolute atomic E-state index is 5.57. The molecule has 0 rings (SSSR count). The minimum absolute atomic E-state index is 0.206. The average Bonchev–Trinajstić information content (AvgIpc) is 2.29. The van der Waals surface area contributed by atoms with Crippen molar-refractivity contribution >= 4 is 11.8 Å². The van der Waals surface area contributed by atoms with Crippen molar-refractivity contribution in [3.8, 4) is 12.3 Å². The van der Waals surface area contributed by atoms with Gasteiger partial charge in [0.25, 0.3) is 0 Å². The molecule has 0 bridgehead atoms. The Hall–Kier alpha value is -0.650. The molecule has 90 valence electrons. The lowest BCUT2D eigenvalue weighted by molar-refractivity contribution is 0.596. The van der Waals surface area contributed by atoms with E-state index in [4.69, 9.17) is 12.2 Å². The zero-order valence-corrected chi connectivity index (χ0v) is 11.4. The Bertz CT molecular complexity index is 282. The molecule has 1 unspecified atom stereocenters. The third-order valence-corrected chi connectivity index (χ3v) is 3.76. The Balaban J connectivity index is 4.82. The van der Waals surface area contributed by atoms with Crippen LogP contribution in [0.4, 0.5) is 0 Å². The predicted molar refractivity (Wildman–Crippen MR) is 76.2 cm³/mol. The SMILES string of the molecule is C#CC(C)S/C(=C/C(=C)CN)C(CC)CC. The number of allylic oxidation sites excluding steroid dienone is 1. The second-order valence-electron chi connectivity index (χ2n) is 3.85. The monoisotopic (exact) mass is 237 g/mol. The van der Waals surface area contributed by atoms with Gasteiger partial charge in [-0.3, -0.25) is 0 Å². The van der Waals surface area contributed by atoms with E-state index in [0.717, 1.165) is 18.4 Å². The van der Waals surface area contributed by atoms with Gasteiger partial charge in [0.05, 0.1) is 5.25 Å². The second-order valence-corrected chi connectivity index (χ2v) is 5.26. The summed E-state index contributed by atoms with van der Waals surface area (Å²) in [5.41, 5.74) is 6.54. The molecule has 0 aliphatic carbocycles. The molecule has 2 N–H and O–H groups in total. The topological polar surface area (TPSA) is 26.0 Å². The zero-order valence-electron chi connectivity index (χ0n) is 10.6. The molecule has 0 amide bonds. The summed E-state index contributed by atoms with van der Waals surface area (Å²) in [5.74, 6) is 3.32. The van der Waals surface area contributed by atoms with E-state index in [1.165, 1.54) is 4.91 Å². The van der Waals surface area contributed by atoms with Crippen molar-refractivity contribution in [2.24, 2.45) is 11.7 Å². The van der Waals surface area contributed by atoms with Gasteiger partial charge in [-0.2, -0.15) is 0 Å². The van der Waals surface area contributed by atoms with Crippen LogP contribution in [-0.2, 0) is 0 Å². The first-order valence-electron chi connectivity index (χ1n) is 5.81. The van der Waals surface area contributed by atoms with Crippen molar-refractivity contribution in [3.63, 3.8) is 0 Å². The van der Waals surface area contributed by atoms with Crippen LogP contribution in [0.5, 0.6) is 0 Å². The number of nitrogens with two attached hydrogens (primary N) is 1. The van der Waals surface area contributed by atoms with Gasteiger partial charge < -0.3 is 5.73 Å². The highest BCUT2D eigenvalue weighted by atomic mass is 32.2. The Kier molecular flexibility index (Phi) is 8.15. The maximum atomic E-state index is 5.57. The minimum Gasteiger partial charge on any atom is -0.327 e. The molecule has 0 saturated heterocycles. The van der Waals surface area contributed by atoms with Gasteiger partial charge in [-0.05, 0) is 42.2 Å². The highest BCUT2D eigenvalue weighted by molar-refractivity contribution is 8.03. The fourth-order valence-corrected chi connectivity index (χ4v) is 2.67. The molecule has 2 heteroatoms. The van der Waals surface area contributed by atoms with E-state index in [-0.39, 0.29) is 5.25 Å². The number of hydrogen-bond acceptors (Lipinski definition) is 2. The molecule has 0 radical (unpaired) electrons. The first kappa shape index (κ1) is 15.3. The summed E-state index contributed by atoms with van der Waals surface area (Å²) in [6, 6.07) is 0. The summed E-state index contributed by atoms with van der Waals surface area (Å²) < 4.78 is 0. The lowest BCUT2D eigenvalue weighted by Crippen LogP contribution is -2.06. The van der Waals surface area contributed by atoms with E-state index in [9.17, 15) is 0 Å². The van der Waals surface area contributed by atoms with E-state index in [1.807, 2.05) is 6.92 Å². The number of thioether (sulfide) groups is 1. The minimum atomic E-state index is 0.206. The molecule has 0 aromatic heterocycles. The standard InChI is InChI=1S/C14H23NS/c1-6-12(5)16-14(9-11(4)10-15)13(7-2)8-3/h1,9,12-13H,4,7-8,10,15H2,2-3,5H3/b14-9+. The van der Waals surface area contributed by atoms with E-state index >= 15 is 0 Å². The largest absolute Gasteiger partial charge is 0.327 e. The molecule has 0 aromatic carbocycles. The molecule has 0 spiro atoms. The molecule has 1 nitrogen and oxygen atoms in total. The van der Waals surface area contributed by atoms with Gasteiger partial charge in [-0.15, -0.1) is 18.2 Å². The summed E-state index contributed by atoms with van der Waals surface area (Å²) in [7, 11) is 0. The smallest absolute Gasteiger partial charge is 0.0670 e. The van der Waals surface area contributed by atoms with Gasteiger partial charge in [0, 0.05) is 6.54 Å². The van der Waals surface area contributed by atoms with Crippen LogP contribution in [0.1, 0.15) is 33.6 Å². The van der Waals surface area contributed by atoms with Crippen LogP contribution in [0.2, 0.25) is 0 Å². The first-order valence-corrected chi connectivity index (χ1v) is 6.69. The van der Waals surface area contributed by atoms with Crippen molar-refractivity contribution < 1.29 is 0 Å². The van der Waals surface area contributed by atoms with Gasteiger partial charge in [0.2, 0.25) is 0 Å². The summed E-state index contributed by atoms with van der Waals surface area (Å²) in [4.78, 5) is 1.32. The Morgan fingerprint density at radius 3 is 2.44 bits per heavy atom. The second kappa shape index (κ2) is 8.50. The number of rotatable bonds is 7. The van der Waals surface area contributed by atoms with Crippen molar-refractivity contribution in [2.45, 2.75) is 38.9 Å². The van der Waals surface area contributed by atoms with Crippen LogP contribution in [0.25, 0.3) is 0 Å². The van der Waals surface area contributed by atoms with Crippen LogP contribution in [0.15, 0.2) is 23.1 Å². The zero-order chi connectivity index (χ0) is 12.6. The molecular weight excluding hydrogens is 214 g/mol. The highest BCUT2D eigenvalue weighted by Crippen LogP contribution is 2.32. The van der Waals surface area contributed by atoms with Gasteiger partial charge in [0.15, 0.2) is 0 Å². The molecule has 0 aliphatic rings. The lowest BCUT2D eigenvalue weighted by atomic mass is 10.0. The first-order chi connectivity index (χ1) is 7.58. The summed E-state index contributed by atoms with van der Waals surface area (Å²) in [5, 5.41) is 0.206. The molecular formula is C14H23NS. The van der Waals surface area contributed by atoms with Crippen LogP contribution in [0.3, 0.4) is 0 Å². The van der Waals surface area contributed by atoms with Gasteiger partial charge in [0.1, 0.15) is 0 Å². The van der Waals surface area contributed by atoms with E-state index in [1.54, 1.807) is 11.8 Å². The van der Waals surface area contributed by atoms with Crippen molar-refractivity contribution in [1.82, 2.24) is 0 Å². The molecule has 0 aliphatic heterocycles. The molecule has 0 aromatic rings. The van der Waals surface area contributed by atoms with Crippen LogP contribution in [0, 0.1) is 18.3 Å². The maximum Gasteiger partial charge on any atom is 0.0670 e. The summed E-state index contributed by atoms with van der Waals surface area (Å²) in [6.45, 7) is 10.9. The third-order valence-electron chi connectivity index (χ3n) is 2.54. The van der Waals surface area contributed by atoms with Crippen LogP contribution in [-0.4, -0.2) is 11.8 Å². The van der Waals surface area contributed by atoms with E-state index < -0.39 is 0 Å². The van der Waals surface area contributed by atoms with Gasteiger partial charge >= 0.3 is 0 Å². The Labute approximate surface area is 105 Å². The molecule has 16 heavy (non-hydrogen) atoms. The normalized spacial score (nSPS) is 13.6. The average molecular weight is 237 g/mol.